The second-order valence-electron chi connectivity index (χ2n) is 6.54. The molecule has 0 aliphatic carbocycles. The summed E-state index contributed by atoms with van der Waals surface area (Å²) < 4.78 is 13.4. The normalized spacial score (nSPS) is 16.2. The number of nitrogens with zero attached hydrogens (tertiary/aromatic N) is 1. The number of rotatable bonds is 3. The molecule has 0 bridgehead atoms. The number of halogens is 1. The Labute approximate surface area is 158 Å². The molecule has 4 nitrogen and oxygen atoms in total. The SMILES string of the molecule is CC#CC(=O)N1CCCC(C(=O)Nc2ccc(-c3cccc(F)c3)cc2)C1. The predicted octanol–water partition coefficient (Wildman–Crippen LogP) is 3.69. The van der Waals surface area contributed by atoms with Gasteiger partial charge in [0, 0.05) is 18.8 Å². The highest BCUT2D eigenvalue weighted by Crippen LogP contribution is 2.23. The van der Waals surface area contributed by atoms with Crippen LogP contribution in [-0.4, -0.2) is 29.8 Å². The van der Waals surface area contributed by atoms with Gasteiger partial charge in [0.15, 0.2) is 0 Å². The number of carbonyl (C=O) groups is 2. The number of piperidine rings is 1. The molecule has 0 saturated carbocycles. The Balaban J connectivity index is 1.63. The lowest BCUT2D eigenvalue weighted by Gasteiger charge is -2.30. The molecule has 1 unspecified atom stereocenters. The van der Waals surface area contributed by atoms with Crippen molar-refractivity contribution in [3.05, 3.63) is 54.3 Å². The molecule has 1 aliphatic heterocycles. The lowest BCUT2D eigenvalue weighted by molar-refractivity contribution is -0.129. The van der Waals surface area contributed by atoms with Crippen LogP contribution in [0.25, 0.3) is 11.1 Å². The highest BCUT2D eigenvalue weighted by Gasteiger charge is 2.27. The van der Waals surface area contributed by atoms with Crippen molar-refractivity contribution in [2.45, 2.75) is 19.8 Å². The number of amides is 2. The van der Waals surface area contributed by atoms with Crippen LogP contribution >= 0.6 is 0 Å². The van der Waals surface area contributed by atoms with E-state index in [0.29, 0.717) is 18.8 Å². The summed E-state index contributed by atoms with van der Waals surface area (Å²) in [6, 6.07) is 13.7. The van der Waals surface area contributed by atoms with Crippen LogP contribution in [0, 0.1) is 23.6 Å². The molecule has 1 saturated heterocycles. The van der Waals surface area contributed by atoms with E-state index in [1.807, 2.05) is 18.2 Å². The van der Waals surface area contributed by atoms with Crippen molar-refractivity contribution in [2.75, 3.05) is 18.4 Å². The third-order valence-corrected chi connectivity index (χ3v) is 4.62. The quantitative estimate of drug-likeness (QED) is 0.845. The van der Waals surface area contributed by atoms with Gasteiger partial charge in [0.1, 0.15) is 5.82 Å². The highest BCUT2D eigenvalue weighted by atomic mass is 19.1. The molecule has 0 aromatic heterocycles. The van der Waals surface area contributed by atoms with E-state index < -0.39 is 0 Å². The minimum absolute atomic E-state index is 0.101. The number of benzene rings is 2. The third-order valence-electron chi connectivity index (χ3n) is 4.62. The van der Waals surface area contributed by atoms with Crippen LogP contribution in [0.2, 0.25) is 0 Å². The van der Waals surface area contributed by atoms with Crippen molar-refractivity contribution in [2.24, 2.45) is 5.92 Å². The van der Waals surface area contributed by atoms with E-state index in [2.05, 4.69) is 17.2 Å². The van der Waals surface area contributed by atoms with Crippen LogP contribution in [-0.2, 0) is 9.59 Å². The summed E-state index contributed by atoms with van der Waals surface area (Å²) in [5.74, 6) is 4.28. The van der Waals surface area contributed by atoms with Gasteiger partial charge in [-0.15, -0.1) is 0 Å². The number of carbonyl (C=O) groups excluding carboxylic acids is 2. The molecule has 1 atom stereocenters. The second kappa shape index (κ2) is 8.50. The van der Waals surface area contributed by atoms with E-state index in [1.54, 1.807) is 30.0 Å². The van der Waals surface area contributed by atoms with Gasteiger partial charge in [-0.05, 0) is 61.1 Å². The maximum atomic E-state index is 13.4. The zero-order chi connectivity index (χ0) is 19.2. The Bertz CT molecular complexity index is 897. The zero-order valence-electron chi connectivity index (χ0n) is 15.2. The molecule has 2 aromatic rings. The fourth-order valence-corrected chi connectivity index (χ4v) is 3.22. The minimum Gasteiger partial charge on any atom is -0.331 e. The van der Waals surface area contributed by atoms with Gasteiger partial charge in [-0.3, -0.25) is 9.59 Å². The Morgan fingerprint density at radius 2 is 1.93 bits per heavy atom. The van der Waals surface area contributed by atoms with Crippen LogP contribution < -0.4 is 5.32 Å². The van der Waals surface area contributed by atoms with Gasteiger partial charge < -0.3 is 10.2 Å². The molecule has 5 heteroatoms. The fraction of sp³-hybridized carbons (Fsp3) is 0.273. The molecule has 1 N–H and O–H groups in total. The smallest absolute Gasteiger partial charge is 0.298 e. The minimum atomic E-state index is -0.283. The summed E-state index contributed by atoms with van der Waals surface area (Å²) in [6.45, 7) is 2.65. The van der Waals surface area contributed by atoms with Gasteiger partial charge in [0.05, 0.1) is 5.92 Å². The van der Waals surface area contributed by atoms with Crippen LogP contribution in [0.1, 0.15) is 19.8 Å². The maximum absolute atomic E-state index is 13.4. The predicted molar refractivity (Wildman–Crippen MR) is 103 cm³/mol. The van der Waals surface area contributed by atoms with E-state index in [4.69, 9.17) is 0 Å². The van der Waals surface area contributed by atoms with E-state index in [9.17, 15) is 14.0 Å². The first-order valence-electron chi connectivity index (χ1n) is 8.95. The summed E-state index contributed by atoms with van der Waals surface area (Å²) >= 11 is 0. The molecular formula is C22H21FN2O2. The molecule has 2 amide bonds. The molecule has 27 heavy (non-hydrogen) atoms. The fourth-order valence-electron chi connectivity index (χ4n) is 3.22. The average molecular weight is 364 g/mol. The molecular weight excluding hydrogens is 343 g/mol. The number of hydrogen-bond donors (Lipinski definition) is 1. The zero-order valence-corrected chi connectivity index (χ0v) is 15.2. The molecule has 0 radical (unpaired) electrons. The third kappa shape index (κ3) is 4.73. The molecule has 1 aliphatic rings. The van der Waals surface area contributed by atoms with Gasteiger partial charge in [0.2, 0.25) is 5.91 Å². The summed E-state index contributed by atoms with van der Waals surface area (Å²) in [7, 11) is 0. The number of hydrogen-bond acceptors (Lipinski definition) is 2. The topological polar surface area (TPSA) is 49.4 Å². The van der Waals surface area contributed by atoms with Crippen molar-refractivity contribution < 1.29 is 14.0 Å². The van der Waals surface area contributed by atoms with Crippen molar-refractivity contribution in [3.8, 4) is 23.0 Å². The Morgan fingerprint density at radius 3 is 2.63 bits per heavy atom. The first-order chi connectivity index (χ1) is 13.1. The van der Waals surface area contributed by atoms with Gasteiger partial charge in [-0.25, -0.2) is 4.39 Å². The average Bonchev–Trinajstić information content (AvgIpc) is 2.69. The monoisotopic (exact) mass is 364 g/mol. The lowest BCUT2D eigenvalue weighted by atomic mass is 9.97. The lowest BCUT2D eigenvalue weighted by Crippen LogP contribution is -2.43. The summed E-state index contributed by atoms with van der Waals surface area (Å²) in [6.07, 6.45) is 1.53. The van der Waals surface area contributed by atoms with Crippen LogP contribution in [0.5, 0.6) is 0 Å². The summed E-state index contributed by atoms with van der Waals surface area (Å²) in [5, 5.41) is 2.91. The molecule has 3 rings (SSSR count). The van der Waals surface area contributed by atoms with E-state index >= 15 is 0 Å². The van der Waals surface area contributed by atoms with Crippen molar-refractivity contribution in [3.63, 3.8) is 0 Å². The van der Waals surface area contributed by atoms with E-state index in [-0.39, 0.29) is 23.5 Å². The first-order valence-corrected chi connectivity index (χ1v) is 8.95. The van der Waals surface area contributed by atoms with E-state index in [1.165, 1.54) is 12.1 Å². The molecule has 1 heterocycles. The van der Waals surface area contributed by atoms with Gasteiger partial charge in [-0.1, -0.05) is 30.2 Å². The van der Waals surface area contributed by atoms with Crippen molar-refractivity contribution >= 4 is 17.5 Å². The van der Waals surface area contributed by atoms with Crippen molar-refractivity contribution in [1.82, 2.24) is 4.90 Å². The number of likely N-dealkylation sites (tertiary alicyclic amines) is 1. The van der Waals surface area contributed by atoms with Crippen molar-refractivity contribution in [1.29, 1.82) is 0 Å². The van der Waals surface area contributed by atoms with E-state index in [0.717, 1.165) is 24.0 Å². The summed E-state index contributed by atoms with van der Waals surface area (Å²) in [5.41, 5.74) is 2.34. The Kier molecular flexibility index (Phi) is 5.87. The first kappa shape index (κ1) is 18.7. The van der Waals surface area contributed by atoms with Crippen LogP contribution in [0.3, 0.4) is 0 Å². The van der Waals surface area contributed by atoms with Gasteiger partial charge in [-0.2, -0.15) is 0 Å². The largest absolute Gasteiger partial charge is 0.331 e. The highest BCUT2D eigenvalue weighted by molar-refractivity contribution is 5.96. The molecule has 0 spiro atoms. The van der Waals surface area contributed by atoms with Gasteiger partial charge in [0.25, 0.3) is 5.91 Å². The Hall–Kier alpha value is -3.13. The Morgan fingerprint density at radius 1 is 1.15 bits per heavy atom. The molecule has 1 fully saturated rings. The maximum Gasteiger partial charge on any atom is 0.298 e. The number of nitrogens with one attached hydrogen (secondary N) is 1. The number of anilines is 1. The molecule has 2 aromatic carbocycles. The second-order valence-corrected chi connectivity index (χ2v) is 6.54. The van der Waals surface area contributed by atoms with Crippen LogP contribution in [0.15, 0.2) is 48.5 Å². The van der Waals surface area contributed by atoms with Crippen LogP contribution in [0.4, 0.5) is 10.1 Å². The summed E-state index contributed by atoms with van der Waals surface area (Å²) in [4.78, 5) is 26.1. The standard InChI is InChI=1S/C22H21FN2O2/c1-2-5-21(26)25-13-4-7-18(15-25)22(27)24-20-11-9-16(10-12-20)17-6-3-8-19(23)14-17/h3,6,8-12,14,18H,4,7,13,15H2,1H3,(H,24,27). The molecule has 138 valence electrons. The van der Waals surface area contributed by atoms with Gasteiger partial charge >= 0.3 is 0 Å².